The van der Waals surface area contributed by atoms with Gasteiger partial charge in [0, 0.05) is 11.6 Å². The lowest BCUT2D eigenvalue weighted by molar-refractivity contribution is -0.394. The van der Waals surface area contributed by atoms with Crippen LogP contribution in [0.15, 0.2) is 41.3 Å². The number of methoxy groups -OCH3 is 1. The molecule has 2 aromatic rings. The van der Waals surface area contributed by atoms with Crippen molar-refractivity contribution in [2.45, 2.75) is 0 Å². The highest BCUT2D eigenvalue weighted by molar-refractivity contribution is 8.26. The van der Waals surface area contributed by atoms with Gasteiger partial charge in [-0.05, 0) is 18.2 Å². The lowest BCUT2D eigenvalue weighted by atomic mass is 10.1. The molecule has 0 bridgehead atoms. The molecule has 12 heteroatoms. The van der Waals surface area contributed by atoms with E-state index < -0.39 is 21.2 Å². The molecule has 0 saturated carbocycles. The van der Waals surface area contributed by atoms with E-state index in [1.54, 1.807) is 18.2 Å². The molecule has 1 N–H and O–H groups in total. The number of para-hydroxylation sites is 1. The van der Waals surface area contributed by atoms with Crippen LogP contribution >= 0.6 is 24.0 Å². The normalized spacial score (nSPS) is 14.6. The van der Waals surface area contributed by atoms with Crippen molar-refractivity contribution in [1.82, 2.24) is 5.32 Å². The van der Waals surface area contributed by atoms with Crippen molar-refractivity contribution < 1.29 is 24.1 Å². The summed E-state index contributed by atoms with van der Waals surface area (Å²) in [6, 6.07) is 7.87. The lowest BCUT2D eigenvalue weighted by Gasteiger charge is -2.13. The molecule has 1 saturated heterocycles. The molecule has 148 valence electrons. The number of amides is 1. The molecule has 10 nitrogen and oxygen atoms in total. The fraction of sp³-hybridized carbons (Fsp3) is 0.0588. The van der Waals surface area contributed by atoms with Gasteiger partial charge < -0.3 is 14.8 Å². The van der Waals surface area contributed by atoms with E-state index in [9.17, 15) is 25.0 Å². The molecule has 0 unspecified atom stereocenters. The predicted molar refractivity (Wildman–Crippen MR) is 109 cm³/mol. The predicted octanol–water partition coefficient (Wildman–Crippen LogP) is 3.79. The zero-order chi connectivity index (χ0) is 21.1. The van der Waals surface area contributed by atoms with Crippen molar-refractivity contribution in [2.24, 2.45) is 0 Å². The molecule has 0 radical (unpaired) electrons. The van der Waals surface area contributed by atoms with E-state index in [1.165, 1.54) is 13.2 Å². The number of carbonyl (C=O) groups is 1. The molecule has 0 atom stereocenters. The van der Waals surface area contributed by atoms with Crippen LogP contribution in [0, 0.1) is 20.2 Å². The Balaban J connectivity index is 2.09. The smallest absolute Gasteiger partial charge is 0.318 e. The van der Waals surface area contributed by atoms with Crippen LogP contribution in [0.1, 0.15) is 5.56 Å². The van der Waals surface area contributed by atoms with Gasteiger partial charge in [-0.3, -0.25) is 25.0 Å². The number of nitrogens with one attached hydrogen (secondary N) is 1. The molecule has 1 aliphatic heterocycles. The second-order valence-electron chi connectivity index (χ2n) is 5.50. The van der Waals surface area contributed by atoms with E-state index >= 15 is 0 Å². The molecule has 0 spiro atoms. The van der Waals surface area contributed by atoms with Crippen LogP contribution in [-0.2, 0) is 4.79 Å². The number of thiocarbonyl (C=S) groups is 1. The van der Waals surface area contributed by atoms with Crippen molar-refractivity contribution in [1.29, 1.82) is 0 Å². The maximum Gasteiger partial charge on any atom is 0.318 e. The van der Waals surface area contributed by atoms with Gasteiger partial charge in [0.05, 0.1) is 27.9 Å². The third kappa shape index (κ3) is 4.33. The van der Waals surface area contributed by atoms with Crippen molar-refractivity contribution >= 4 is 51.7 Å². The highest BCUT2D eigenvalue weighted by Gasteiger charge is 2.25. The lowest BCUT2D eigenvalue weighted by Crippen LogP contribution is -2.17. The van der Waals surface area contributed by atoms with E-state index in [1.807, 2.05) is 0 Å². The summed E-state index contributed by atoms with van der Waals surface area (Å²) < 4.78 is 11.3. The molecular weight excluding hydrogens is 422 g/mol. The van der Waals surface area contributed by atoms with Crippen molar-refractivity contribution in [2.75, 3.05) is 7.11 Å². The summed E-state index contributed by atoms with van der Waals surface area (Å²) in [7, 11) is 1.38. The van der Waals surface area contributed by atoms with Crippen LogP contribution in [-0.4, -0.2) is 27.2 Å². The molecular formula is C17H11N3O7S2. The Morgan fingerprint density at radius 1 is 1.14 bits per heavy atom. The number of rotatable bonds is 6. The summed E-state index contributed by atoms with van der Waals surface area (Å²) in [5.74, 6) is -0.248. The molecule has 29 heavy (non-hydrogen) atoms. The summed E-state index contributed by atoms with van der Waals surface area (Å²) in [6.45, 7) is 0. The van der Waals surface area contributed by atoms with Crippen LogP contribution in [0.4, 0.5) is 11.4 Å². The third-order valence-corrected chi connectivity index (χ3v) is 4.88. The van der Waals surface area contributed by atoms with Gasteiger partial charge in [-0.2, -0.15) is 0 Å². The average molecular weight is 433 g/mol. The first-order chi connectivity index (χ1) is 13.8. The zero-order valence-electron chi connectivity index (χ0n) is 14.6. The van der Waals surface area contributed by atoms with Crippen LogP contribution in [0.3, 0.4) is 0 Å². The molecule has 1 heterocycles. The molecule has 1 amide bonds. The minimum absolute atomic E-state index is 0.102. The van der Waals surface area contributed by atoms with Gasteiger partial charge in [0.15, 0.2) is 11.5 Å². The summed E-state index contributed by atoms with van der Waals surface area (Å²) in [5.41, 5.74) is -0.629. The SMILES string of the molecule is COc1cccc(C=C2SC(=S)NC2=O)c1Oc1ccc([N+](=O)[O-])cc1[N+](=O)[O-]. The molecule has 1 fully saturated rings. The summed E-state index contributed by atoms with van der Waals surface area (Å²) in [4.78, 5) is 33.0. The van der Waals surface area contributed by atoms with Gasteiger partial charge >= 0.3 is 5.69 Å². The highest BCUT2D eigenvalue weighted by atomic mass is 32.2. The summed E-state index contributed by atoms with van der Waals surface area (Å²) in [5, 5.41) is 24.8. The Labute approximate surface area is 172 Å². The number of nitrogens with zero attached hydrogens (tertiary/aromatic N) is 2. The summed E-state index contributed by atoms with van der Waals surface area (Å²) in [6.07, 6.45) is 1.51. The van der Waals surface area contributed by atoms with E-state index in [-0.39, 0.29) is 23.2 Å². The third-order valence-electron chi connectivity index (χ3n) is 3.72. The molecule has 0 aliphatic carbocycles. The van der Waals surface area contributed by atoms with Crippen LogP contribution in [0.2, 0.25) is 0 Å². The van der Waals surface area contributed by atoms with E-state index in [0.717, 1.165) is 30.0 Å². The highest BCUT2D eigenvalue weighted by Crippen LogP contribution is 2.41. The molecule has 2 aromatic carbocycles. The quantitative estimate of drug-likeness (QED) is 0.312. The van der Waals surface area contributed by atoms with Crippen molar-refractivity contribution in [3.63, 3.8) is 0 Å². The molecule has 3 rings (SSSR count). The van der Waals surface area contributed by atoms with E-state index in [2.05, 4.69) is 5.32 Å². The number of ether oxygens (including phenoxy) is 2. The van der Waals surface area contributed by atoms with Gasteiger partial charge in [0.25, 0.3) is 11.6 Å². The maximum absolute atomic E-state index is 11.9. The largest absolute Gasteiger partial charge is 0.493 e. The number of thioether (sulfide) groups is 1. The van der Waals surface area contributed by atoms with Crippen molar-refractivity contribution in [3.8, 4) is 17.2 Å². The number of nitro benzene ring substituents is 2. The first-order valence-electron chi connectivity index (χ1n) is 7.82. The Morgan fingerprint density at radius 3 is 2.48 bits per heavy atom. The number of benzene rings is 2. The number of carbonyl (C=O) groups excluding carboxylic acids is 1. The Morgan fingerprint density at radius 2 is 1.90 bits per heavy atom. The van der Waals surface area contributed by atoms with Gasteiger partial charge in [-0.1, -0.05) is 36.1 Å². The molecule has 0 aromatic heterocycles. The average Bonchev–Trinajstić information content (AvgIpc) is 2.99. The van der Waals surface area contributed by atoms with Gasteiger partial charge in [0.1, 0.15) is 4.32 Å². The van der Waals surface area contributed by atoms with Crippen LogP contribution < -0.4 is 14.8 Å². The Hall–Kier alpha value is -3.51. The van der Waals surface area contributed by atoms with Crippen molar-refractivity contribution in [3.05, 3.63) is 67.1 Å². The minimum atomic E-state index is -0.783. The first-order valence-corrected chi connectivity index (χ1v) is 9.05. The first kappa shape index (κ1) is 20.2. The fourth-order valence-corrected chi connectivity index (χ4v) is 3.47. The standard InChI is InChI=1S/C17H11N3O7S2/c1-26-13-4-2-3-9(7-14-16(21)18-17(28)29-14)15(13)27-12-6-5-10(19(22)23)8-11(12)20(24)25/h2-8H,1H3,(H,18,21,28). The number of hydrogen-bond acceptors (Lipinski definition) is 9. The van der Waals surface area contributed by atoms with E-state index in [4.69, 9.17) is 21.7 Å². The maximum atomic E-state index is 11.9. The number of nitro groups is 2. The van der Waals surface area contributed by atoms with Gasteiger partial charge in [0.2, 0.25) is 5.75 Å². The van der Waals surface area contributed by atoms with Gasteiger partial charge in [-0.15, -0.1) is 0 Å². The number of non-ortho nitro benzene ring substituents is 1. The monoisotopic (exact) mass is 433 g/mol. The molecule has 1 aliphatic rings. The minimum Gasteiger partial charge on any atom is -0.493 e. The number of hydrogen-bond donors (Lipinski definition) is 1. The van der Waals surface area contributed by atoms with Crippen LogP contribution in [0.5, 0.6) is 17.2 Å². The fourth-order valence-electron chi connectivity index (χ4n) is 2.44. The van der Waals surface area contributed by atoms with Crippen LogP contribution in [0.25, 0.3) is 6.08 Å². The zero-order valence-corrected chi connectivity index (χ0v) is 16.2. The second kappa shape index (κ2) is 8.24. The second-order valence-corrected chi connectivity index (χ2v) is 7.22. The Kier molecular flexibility index (Phi) is 5.75. The van der Waals surface area contributed by atoms with E-state index in [0.29, 0.717) is 14.8 Å². The summed E-state index contributed by atoms with van der Waals surface area (Å²) >= 11 is 6.02. The topological polar surface area (TPSA) is 134 Å². The Bertz CT molecular complexity index is 1080. The van der Waals surface area contributed by atoms with Gasteiger partial charge in [-0.25, -0.2) is 0 Å².